The fourth-order valence-corrected chi connectivity index (χ4v) is 1.43. The van der Waals surface area contributed by atoms with E-state index in [1.54, 1.807) is 24.8 Å². The number of aliphatic imine (C=N–C) groups is 2. The Morgan fingerprint density at radius 1 is 0.722 bits per heavy atom. The third kappa shape index (κ3) is 5.84. The normalized spacial score (nSPS) is 32.7. The first-order valence-electron chi connectivity index (χ1n) is 5.86. The van der Waals surface area contributed by atoms with Crippen LogP contribution in [-0.4, -0.2) is 11.4 Å². The fraction of sp³-hybridized carbons (Fsp3) is 0.286. The molecule has 4 heteroatoms. The lowest BCUT2D eigenvalue weighted by Crippen LogP contribution is -2.05. The lowest BCUT2D eigenvalue weighted by Gasteiger charge is -2.02. The smallest absolute Gasteiger partial charge is 0.0431 e. The molecule has 18 heavy (non-hydrogen) atoms. The van der Waals surface area contributed by atoms with Crippen molar-refractivity contribution in [3.8, 4) is 0 Å². The summed E-state index contributed by atoms with van der Waals surface area (Å²) in [5.41, 5.74) is 3.91. The number of hydrogen-bond donors (Lipinski definition) is 2. The van der Waals surface area contributed by atoms with Gasteiger partial charge in [-0.15, -0.1) is 0 Å². The highest BCUT2D eigenvalue weighted by Crippen LogP contribution is 1.94. The summed E-state index contributed by atoms with van der Waals surface area (Å²) in [4.78, 5) is 8.58. The van der Waals surface area contributed by atoms with Gasteiger partial charge in [0, 0.05) is 47.6 Å². The molecule has 0 saturated carbocycles. The van der Waals surface area contributed by atoms with Gasteiger partial charge in [-0.3, -0.25) is 9.98 Å². The molecule has 0 unspecified atom stereocenters. The molecule has 0 bridgehead atoms. The van der Waals surface area contributed by atoms with Crippen molar-refractivity contribution < 1.29 is 0 Å². The van der Waals surface area contributed by atoms with Gasteiger partial charge in [0.25, 0.3) is 0 Å². The summed E-state index contributed by atoms with van der Waals surface area (Å²) in [6.07, 6.45) is 11.0. The Balaban J connectivity index is 2.95. The lowest BCUT2D eigenvalue weighted by atomic mass is 10.3. The zero-order valence-corrected chi connectivity index (χ0v) is 11.4. The number of hydrogen-bond acceptors (Lipinski definition) is 4. The third-order valence-electron chi connectivity index (χ3n) is 2.18. The number of nitrogens with one attached hydrogen (secondary N) is 2. The number of nitrogens with zero attached hydrogens (tertiary/aromatic N) is 2. The van der Waals surface area contributed by atoms with E-state index in [0.717, 1.165) is 22.8 Å². The van der Waals surface area contributed by atoms with Crippen molar-refractivity contribution in [1.29, 1.82) is 0 Å². The van der Waals surface area contributed by atoms with E-state index in [0.29, 0.717) is 0 Å². The molecule has 0 radical (unpaired) electrons. The van der Waals surface area contributed by atoms with Crippen LogP contribution in [0.2, 0.25) is 0 Å². The van der Waals surface area contributed by atoms with E-state index in [2.05, 4.69) is 20.6 Å². The summed E-state index contributed by atoms with van der Waals surface area (Å²) in [5.74, 6) is 0. The highest BCUT2D eigenvalue weighted by Gasteiger charge is 1.89. The van der Waals surface area contributed by atoms with Crippen molar-refractivity contribution in [2.75, 3.05) is 0 Å². The summed E-state index contributed by atoms with van der Waals surface area (Å²) >= 11 is 0. The quantitative estimate of drug-likeness (QED) is 0.688. The fourth-order valence-electron chi connectivity index (χ4n) is 1.43. The molecule has 0 atom stereocenters. The minimum absolute atomic E-state index is 0.935. The van der Waals surface area contributed by atoms with E-state index in [9.17, 15) is 0 Å². The first kappa shape index (κ1) is 14.0. The number of rotatable bonds is 0. The van der Waals surface area contributed by atoms with Gasteiger partial charge in [0.05, 0.1) is 0 Å². The molecule has 0 spiro atoms. The Morgan fingerprint density at radius 2 is 1.11 bits per heavy atom. The zero-order chi connectivity index (χ0) is 13.4. The molecule has 96 valence electrons. The van der Waals surface area contributed by atoms with E-state index in [-0.39, 0.29) is 0 Å². The summed E-state index contributed by atoms with van der Waals surface area (Å²) in [6, 6.07) is 0. The van der Waals surface area contributed by atoms with Gasteiger partial charge in [0.1, 0.15) is 0 Å². The minimum atomic E-state index is 0.935. The topological polar surface area (TPSA) is 48.8 Å². The van der Waals surface area contributed by atoms with Gasteiger partial charge >= 0.3 is 0 Å². The Labute approximate surface area is 109 Å². The van der Waals surface area contributed by atoms with Crippen LogP contribution in [0.25, 0.3) is 0 Å². The molecule has 0 saturated heterocycles. The van der Waals surface area contributed by atoms with Crippen LogP contribution in [0, 0.1) is 0 Å². The van der Waals surface area contributed by atoms with Gasteiger partial charge in [-0.25, -0.2) is 0 Å². The molecular weight excluding hydrogens is 224 g/mol. The van der Waals surface area contributed by atoms with Crippen LogP contribution in [-0.2, 0) is 0 Å². The van der Waals surface area contributed by atoms with E-state index >= 15 is 0 Å². The van der Waals surface area contributed by atoms with Crippen molar-refractivity contribution in [2.45, 2.75) is 27.7 Å². The highest BCUT2D eigenvalue weighted by atomic mass is 14.9. The molecule has 1 aliphatic rings. The third-order valence-corrected chi connectivity index (χ3v) is 2.18. The van der Waals surface area contributed by atoms with Crippen LogP contribution in [0.15, 0.2) is 58.3 Å². The van der Waals surface area contributed by atoms with E-state index in [4.69, 9.17) is 0 Å². The van der Waals surface area contributed by atoms with Gasteiger partial charge in [-0.1, -0.05) is 0 Å². The Morgan fingerprint density at radius 3 is 1.50 bits per heavy atom. The van der Waals surface area contributed by atoms with Crippen LogP contribution in [0.5, 0.6) is 0 Å². The Hall–Kier alpha value is -2.10. The molecule has 0 fully saturated rings. The molecule has 0 aromatic carbocycles. The zero-order valence-electron chi connectivity index (χ0n) is 11.4. The largest absolute Gasteiger partial charge is 0.364 e. The van der Waals surface area contributed by atoms with Crippen LogP contribution >= 0.6 is 0 Å². The maximum Gasteiger partial charge on any atom is 0.0431 e. The molecule has 1 aliphatic heterocycles. The van der Waals surface area contributed by atoms with Crippen molar-refractivity contribution in [1.82, 2.24) is 10.6 Å². The second-order valence-electron chi connectivity index (χ2n) is 4.12. The molecule has 1 rings (SSSR count). The van der Waals surface area contributed by atoms with Crippen molar-refractivity contribution >= 4 is 11.4 Å². The Bertz CT molecular complexity index is 418. The van der Waals surface area contributed by atoms with Gasteiger partial charge < -0.3 is 10.6 Å². The maximum absolute atomic E-state index is 4.29. The molecule has 0 aromatic rings. The second kappa shape index (κ2) is 7.27. The van der Waals surface area contributed by atoms with Crippen molar-refractivity contribution in [2.24, 2.45) is 9.98 Å². The first-order valence-corrected chi connectivity index (χ1v) is 5.86. The van der Waals surface area contributed by atoms with E-state index in [1.165, 1.54) is 0 Å². The minimum Gasteiger partial charge on any atom is -0.364 e. The molecule has 0 amide bonds. The van der Waals surface area contributed by atoms with Crippen molar-refractivity contribution in [3.05, 3.63) is 48.3 Å². The van der Waals surface area contributed by atoms with Gasteiger partial charge in [-0.05, 0) is 39.8 Å². The first-order chi connectivity index (χ1) is 8.58. The van der Waals surface area contributed by atoms with Crippen LogP contribution < -0.4 is 10.6 Å². The lowest BCUT2D eigenvalue weighted by molar-refractivity contribution is 1.05. The number of allylic oxidation sites excluding steroid dienone is 4. The molecule has 0 aliphatic carbocycles. The Kier molecular flexibility index (Phi) is 5.64. The van der Waals surface area contributed by atoms with Crippen LogP contribution in [0.1, 0.15) is 27.7 Å². The molecule has 1 heterocycles. The summed E-state index contributed by atoms with van der Waals surface area (Å²) in [6.45, 7) is 7.88. The predicted octanol–water partition coefficient (Wildman–Crippen LogP) is 2.85. The van der Waals surface area contributed by atoms with Crippen molar-refractivity contribution in [3.63, 3.8) is 0 Å². The second-order valence-corrected chi connectivity index (χ2v) is 4.12. The standard InChI is InChI=1S/C14H20N4/c1-11-9-12(2)16-7-8-18-14(4)10-13(3)17-6-5-15-11/h5-10,15,18H,1-4H3/b6-5+,8-7+,11-9-,14-10-,16-12-,17-13+. The van der Waals surface area contributed by atoms with Crippen LogP contribution in [0.3, 0.4) is 0 Å². The summed E-state index contributed by atoms with van der Waals surface area (Å²) < 4.78 is 0. The molecular formula is C14H20N4. The monoisotopic (exact) mass is 244 g/mol. The molecule has 0 aromatic heterocycles. The summed E-state index contributed by atoms with van der Waals surface area (Å²) in [5, 5.41) is 6.26. The van der Waals surface area contributed by atoms with Crippen LogP contribution in [0.4, 0.5) is 0 Å². The predicted molar refractivity (Wildman–Crippen MR) is 78.3 cm³/mol. The average molecular weight is 244 g/mol. The average Bonchev–Trinajstić information content (AvgIpc) is 2.29. The molecule has 4 nitrogen and oxygen atoms in total. The van der Waals surface area contributed by atoms with Gasteiger partial charge in [0.15, 0.2) is 0 Å². The highest BCUT2D eigenvalue weighted by molar-refractivity contribution is 5.94. The van der Waals surface area contributed by atoms with Gasteiger partial charge in [-0.2, -0.15) is 0 Å². The van der Waals surface area contributed by atoms with Gasteiger partial charge in [0.2, 0.25) is 0 Å². The summed E-state index contributed by atoms with van der Waals surface area (Å²) in [7, 11) is 0. The van der Waals surface area contributed by atoms with E-state index in [1.807, 2.05) is 39.8 Å². The van der Waals surface area contributed by atoms with E-state index < -0.39 is 0 Å². The maximum atomic E-state index is 4.29. The molecule has 2 N–H and O–H groups in total. The SMILES string of the molecule is C/C1=C/C(C)=N/C=C/N\C(C)=C/C(C)=N\C=C\N1.